The fourth-order valence-electron chi connectivity index (χ4n) is 1.54. The van der Waals surface area contributed by atoms with Crippen molar-refractivity contribution < 1.29 is 9.90 Å². The van der Waals surface area contributed by atoms with E-state index in [1.54, 1.807) is 11.8 Å². The summed E-state index contributed by atoms with van der Waals surface area (Å²) in [4.78, 5) is 11.8. The third kappa shape index (κ3) is 5.10. The van der Waals surface area contributed by atoms with Gasteiger partial charge in [-0.15, -0.1) is 0 Å². The van der Waals surface area contributed by atoms with Crippen molar-refractivity contribution in [3.05, 3.63) is 29.8 Å². The molecule has 0 saturated carbocycles. The molecule has 0 spiro atoms. The van der Waals surface area contributed by atoms with Crippen LogP contribution in [0.2, 0.25) is 0 Å². The van der Waals surface area contributed by atoms with Gasteiger partial charge in [0.2, 0.25) is 5.91 Å². The van der Waals surface area contributed by atoms with E-state index in [-0.39, 0.29) is 18.4 Å². The number of hydrogen-bond donors (Lipinski definition) is 2. The zero-order chi connectivity index (χ0) is 13.4. The van der Waals surface area contributed by atoms with E-state index in [0.717, 1.165) is 23.4 Å². The van der Waals surface area contributed by atoms with Gasteiger partial charge in [0.15, 0.2) is 0 Å². The first-order valence-corrected chi connectivity index (χ1v) is 7.39. The van der Waals surface area contributed by atoms with Crippen molar-refractivity contribution in [1.29, 1.82) is 0 Å². The zero-order valence-electron chi connectivity index (χ0n) is 11.0. The maximum Gasteiger partial charge on any atom is 0.234 e. The van der Waals surface area contributed by atoms with Gasteiger partial charge in [-0.25, -0.2) is 0 Å². The Morgan fingerprint density at radius 1 is 1.44 bits per heavy atom. The van der Waals surface area contributed by atoms with Crippen LogP contribution in [0.1, 0.15) is 19.4 Å². The smallest absolute Gasteiger partial charge is 0.234 e. The number of nitrogens with one attached hydrogen (secondary N) is 1. The Bertz CT molecular complexity index is 382. The van der Waals surface area contributed by atoms with Gasteiger partial charge >= 0.3 is 0 Å². The summed E-state index contributed by atoms with van der Waals surface area (Å²) in [6.07, 6.45) is 0.908. The Morgan fingerprint density at radius 2 is 2.17 bits per heavy atom. The predicted molar refractivity (Wildman–Crippen MR) is 78.0 cm³/mol. The summed E-state index contributed by atoms with van der Waals surface area (Å²) >= 11 is 1.55. The average molecular weight is 267 g/mol. The van der Waals surface area contributed by atoms with Crippen molar-refractivity contribution in [2.75, 3.05) is 23.4 Å². The third-order valence-electron chi connectivity index (χ3n) is 2.62. The number of aliphatic hydroxyl groups excluding tert-OH is 1. The van der Waals surface area contributed by atoms with E-state index in [2.05, 4.69) is 12.2 Å². The second kappa shape index (κ2) is 8.16. The second-order valence-electron chi connectivity index (χ2n) is 4.36. The number of rotatable bonds is 7. The van der Waals surface area contributed by atoms with Gasteiger partial charge in [0.05, 0.1) is 5.75 Å². The lowest BCUT2D eigenvalue weighted by Gasteiger charge is -2.10. The van der Waals surface area contributed by atoms with Crippen LogP contribution >= 0.6 is 11.8 Å². The van der Waals surface area contributed by atoms with Gasteiger partial charge in [-0.1, -0.05) is 32.0 Å². The molecule has 0 aliphatic carbocycles. The average Bonchev–Trinajstić information content (AvgIpc) is 2.39. The monoisotopic (exact) mass is 267 g/mol. The number of aliphatic hydroxyl groups is 1. The lowest BCUT2D eigenvalue weighted by molar-refractivity contribution is -0.113. The number of amides is 1. The number of benzene rings is 1. The van der Waals surface area contributed by atoms with Gasteiger partial charge in [-0.2, -0.15) is 11.8 Å². The lowest BCUT2D eigenvalue weighted by atomic mass is 10.1. The quantitative estimate of drug-likeness (QED) is 0.798. The molecule has 1 rings (SSSR count). The van der Waals surface area contributed by atoms with Gasteiger partial charge in [0.25, 0.3) is 0 Å². The predicted octanol–water partition coefficient (Wildman–Crippen LogP) is 2.55. The van der Waals surface area contributed by atoms with Crippen LogP contribution in [0.5, 0.6) is 0 Å². The molecule has 1 aromatic carbocycles. The van der Waals surface area contributed by atoms with Crippen molar-refractivity contribution in [2.24, 2.45) is 5.92 Å². The molecule has 1 amide bonds. The molecule has 1 aromatic rings. The van der Waals surface area contributed by atoms with Crippen LogP contribution in [0.25, 0.3) is 0 Å². The number of carbonyl (C=O) groups excluding carboxylic acids is 1. The normalized spacial score (nSPS) is 12.2. The first kappa shape index (κ1) is 15.1. The van der Waals surface area contributed by atoms with Crippen LogP contribution in [0, 0.1) is 5.92 Å². The van der Waals surface area contributed by atoms with Gasteiger partial charge in [-0.05, 0) is 29.7 Å². The minimum absolute atomic E-state index is 0.0195. The number of thioether (sulfide) groups is 1. The number of hydrogen-bond acceptors (Lipinski definition) is 3. The first-order valence-electron chi connectivity index (χ1n) is 6.23. The molecule has 0 aliphatic heterocycles. The molecule has 4 heteroatoms. The molecule has 0 aliphatic rings. The van der Waals surface area contributed by atoms with E-state index in [4.69, 9.17) is 5.11 Å². The number of carbonyl (C=O) groups is 1. The van der Waals surface area contributed by atoms with Crippen LogP contribution < -0.4 is 5.32 Å². The molecule has 0 bridgehead atoms. The number of para-hydroxylation sites is 1. The van der Waals surface area contributed by atoms with Gasteiger partial charge < -0.3 is 10.4 Å². The van der Waals surface area contributed by atoms with E-state index in [1.807, 2.05) is 31.2 Å². The SMILES string of the molecule is CCc1ccccc1NC(=O)CSCC(C)CO. The highest BCUT2D eigenvalue weighted by atomic mass is 32.2. The molecule has 2 N–H and O–H groups in total. The molecule has 0 heterocycles. The van der Waals surface area contributed by atoms with Crippen LogP contribution in [-0.4, -0.2) is 29.1 Å². The van der Waals surface area contributed by atoms with E-state index in [9.17, 15) is 4.79 Å². The molecule has 18 heavy (non-hydrogen) atoms. The van der Waals surface area contributed by atoms with Crippen molar-refractivity contribution in [3.63, 3.8) is 0 Å². The van der Waals surface area contributed by atoms with Crippen molar-refractivity contribution in [3.8, 4) is 0 Å². The van der Waals surface area contributed by atoms with Crippen molar-refractivity contribution in [2.45, 2.75) is 20.3 Å². The Labute approximate surface area is 113 Å². The summed E-state index contributed by atoms with van der Waals surface area (Å²) in [7, 11) is 0. The minimum atomic E-state index is 0.0195. The highest BCUT2D eigenvalue weighted by Crippen LogP contribution is 2.16. The van der Waals surface area contributed by atoms with E-state index in [1.165, 1.54) is 0 Å². The Morgan fingerprint density at radius 3 is 2.83 bits per heavy atom. The van der Waals surface area contributed by atoms with E-state index < -0.39 is 0 Å². The fourth-order valence-corrected chi connectivity index (χ4v) is 2.43. The van der Waals surface area contributed by atoms with Crippen molar-refractivity contribution in [1.82, 2.24) is 0 Å². The number of aryl methyl sites for hydroxylation is 1. The molecule has 0 fully saturated rings. The van der Waals surface area contributed by atoms with E-state index in [0.29, 0.717) is 5.75 Å². The Hall–Kier alpha value is -1.000. The molecular formula is C14H21NO2S. The molecule has 1 atom stereocenters. The maximum atomic E-state index is 11.8. The molecule has 0 saturated heterocycles. The van der Waals surface area contributed by atoms with Gasteiger partial charge in [-0.3, -0.25) is 4.79 Å². The molecule has 100 valence electrons. The zero-order valence-corrected chi connectivity index (χ0v) is 11.8. The van der Waals surface area contributed by atoms with Crippen molar-refractivity contribution >= 4 is 23.4 Å². The van der Waals surface area contributed by atoms with Gasteiger partial charge in [0.1, 0.15) is 0 Å². The molecule has 3 nitrogen and oxygen atoms in total. The summed E-state index contributed by atoms with van der Waals surface area (Å²) in [5.74, 6) is 1.50. The standard InChI is InChI=1S/C14H21NO2S/c1-3-12-6-4-5-7-13(12)15-14(17)10-18-9-11(2)8-16/h4-7,11,16H,3,8-10H2,1-2H3,(H,15,17). The molecule has 0 aromatic heterocycles. The lowest BCUT2D eigenvalue weighted by Crippen LogP contribution is -2.16. The van der Waals surface area contributed by atoms with Crippen LogP contribution in [0.4, 0.5) is 5.69 Å². The molecular weight excluding hydrogens is 246 g/mol. The van der Waals surface area contributed by atoms with Crippen LogP contribution in [0.3, 0.4) is 0 Å². The second-order valence-corrected chi connectivity index (χ2v) is 5.39. The highest BCUT2D eigenvalue weighted by Gasteiger charge is 2.07. The Kier molecular flexibility index (Phi) is 6.83. The number of anilines is 1. The highest BCUT2D eigenvalue weighted by molar-refractivity contribution is 7.99. The van der Waals surface area contributed by atoms with Gasteiger partial charge in [0, 0.05) is 12.3 Å². The first-order chi connectivity index (χ1) is 8.67. The molecule has 1 unspecified atom stereocenters. The summed E-state index contributed by atoms with van der Waals surface area (Å²) in [6, 6.07) is 7.86. The van der Waals surface area contributed by atoms with Crippen LogP contribution in [-0.2, 0) is 11.2 Å². The fraction of sp³-hybridized carbons (Fsp3) is 0.500. The minimum Gasteiger partial charge on any atom is -0.396 e. The maximum absolute atomic E-state index is 11.8. The summed E-state index contributed by atoms with van der Waals surface area (Å²) in [5, 5.41) is 11.8. The van der Waals surface area contributed by atoms with E-state index >= 15 is 0 Å². The Balaban J connectivity index is 2.40. The summed E-state index contributed by atoms with van der Waals surface area (Å²) < 4.78 is 0. The third-order valence-corrected chi connectivity index (χ3v) is 3.89. The largest absolute Gasteiger partial charge is 0.396 e. The summed E-state index contributed by atoms with van der Waals surface area (Å²) in [6.45, 7) is 4.22. The topological polar surface area (TPSA) is 49.3 Å². The van der Waals surface area contributed by atoms with Crippen LogP contribution in [0.15, 0.2) is 24.3 Å². The summed E-state index contributed by atoms with van der Waals surface area (Å²) in [5.41, 5.74) is 2.06. The molecule has 0 radical (unpaired) electrons.